The van der Waals surface area contributed by atoms with E-state index in [0.29, 0.717) is 180 Å². The van der Waals surface area contributed by atoms with E-state index in [0.717, 1.165) is 11.1 Å². The minimum absolute atomic E-state index is 0.00204. The van der Waals surface area contributed by atoms with Gasteiger partial charge in [0.1, 0.15) is 24.7 Å². The number of nitrogens with zero attached hydrogens (tertiary/aromatic N) is 10. The second kappa shape index (κ2) is 46.4. The standard InChI is InChI=1S/C62H100Cl2N28O8/c63-49-53(69)87-51(67)47(85-49)57(97)89-61(75)83-29-21-39-11-15-41(16-12-39)99-37-35-91(33-7-27-79-55(95)43(65)9-1-3-23-81-59(71)72)31-5-25-77-45(93)19-20-46(94)78-26-6-32-92(34-8-28-80-56(96)44(66)10-2-4-24-82-60(73)74)36-38-100-42-17-13-40(14-18-42)22-30-84-62(76)90-58(98)48-52(68)88-54(70)50(64)86-48/h11-18,43-44H,1-10,19-38,65-66H2,(H,77,93)(H,78,94)(H,79,95)(H,80,96)(H4,67,69,87)(H4,68,70,88)(H4,71,72,81)(H4,73,74,82)(H3,75,83,89,97)(H3,76,84,90,98)/t43-,44-/m1/s1. The largest absolute Gasteiger partial charge is 0.492 e. The molecule has 2 aromatic heterocycles. The Balaban J connectivity index is 1.21. The van der Waals surface area contributed by atoms with Gasteiger partial charge in [0.2, 0.25) is 23.6 Å². The number of guanidine groups is 4. The smallest absolute Gasteiger partial charge is 0.280 e. The summed E-state index contributed by atoms with van der Waals surface area (Å²) >= 11 is 11.8. The molecule has 0 aliphatic rings. The topological polar surface area (TPSA) is 613 Å². The predicted octanol–water partition coefficient (Wildman–Crippen LogP) is -2.11. The number of hydrogen-bond acceptors (Lipinski definition) is 24. The van der Waals surface area contributed by atoms with Gasteiger partial charge in [-0.3, -0.25) is 69.2 Å². The molecule has 0 spiro atoms. The molecular weight excluding hydrogens is 1340 g/mol. The number of aromatic nitrogens is 4. The zero-order valence-corrected chi connectivity index (χ0v) is 57.9. The van der Waals surface area contributed by atoms with Crippen molar-refractivity contribution in [2.24, 2.45) is 65.8 Å². The molecule has 0 bridgehead atoms. The second-order valence-corrected chi connectivity index (χ2v) is 23.6. The molecule has 0 unspecified atom stereocenters. The van der Waals surface area contributed by atoms with Crippen LogP contribution in [-0.2, 0) is 32.0 Å². The van der Waals surface area contributed by atoms with Crippen molar-refractivity contribution < 1.29 is 38.2 Å². The molecule has 38 heteroatoms. The lowest BCUT2D eigenvalue weighted by Gasteiger charge is -2.23. The maximum atomic E-state index is 13.0. The fourth-order valence-electron chi connectivity index (χ4n) is 9.41. The van der Waals surface area contributed by atoms with Crippen LogP contribution in [0.25, 0.3) is 0 Å². The molecule has 0 radical (unpaired) electrons. The van der Waals surface area contributed by atoms with Gasteiger partial charge in [0.15, 0.2) is 68.8 Å². The fraction of sp³-hybridized carbons (Fsp3) is 0.516. The molecule has 2 aromatic carbocycles. The monoisotopic (exact) mass is 1430 g/mol. The highest BCUT2D eigenvalue weighted by atomic mass is 35.5. The molecule has 2 heterocycles. The van der Waals surface area contributed by atoms with Crippen LogP contribution in [0.3, 0.4) is 0 Å². The molecule has 100 heavy (non-hydrogen) atoms. The van der Waals surface area contributed by atoms with E-state index < -0.39 is 23.9 Å². The number of unbranched alkanes of at least 4 members (excludes halogenated alkanes) is 2. The van der Waals surface area contributed by atoms with Crippen LogP contribution in [0, 0.1) is 0 Å². The minimum Gasteiger partial charge on any atom is -0.492 e. The average Bonchev–Trinajstić information content (AvgIpc) is 0.846. The van der Waals surface area contributed by atoms with Gasteiger partial charge < -0.3 is 99.5 Å². The Kier molecular flexibility index (Phi) is 38.3. The Morgan fingerprint density at radius 2 is 0.790 bits per heavy atom. The first-order valence-electron chi connectivity index (χ1n) is 32.9. The van der Waals surface area contributed by atoms with E-state index in [4.69, 9.17) is 101 Å². The molecule has 550 valence electrons. The quantitative estimate of drug-likeness (QED) is 0.0128. The first-order valence-corrected chi connectivity index (χ1v) is 33.6. The van der Waals surface area contributed by atoms with Gasteiger partial charge in [-0.1, -0.05) is 47.5 Å². The third-order valence-electron chi connectivity index (χ3n) is 14.8. The number of nitrogens with one attached hydrogen (secondary N) is 6. The van der Waals surface area contributed by atoms with Crippen LogP contribution in [-0.4, -0.2) is 206 Å². The van der Waals surface area contributed by atoms with Gasteiger partial charge in [0.25, 0.3) is 11.8 Å². The van der Waals surface area contributed by atoms with Crippen LogP contribution in [0.2, 0.25) is 10.3 Å². The number of nitrogens with two attached hydrogens (primary N) is 12. The summed E-state index contributed by atoms with van der Waals surface area (Å²) in [6.45, 7) is 7.19. The summed E-state index contributed by atoms with van der Waals surface area (Å²) < 4.78 is 12.2. The highest BCUT2D eigenvalue weighted by Gasteiger charge is 2.20. The molecule has 4 aromatic rings. The highest BCUT2D eigenvalue weighted by molar-refractivity contribution is 6.32. The Morgan fingerprint density at radius 3 is 1.14 bits per heavy atom. The average molecular weight is 1440 g/mol. The van der Waals surface area contributed by atoms with E-state index in [9.17, 15) is 28.8 Å². The van der Waals surface area contributed by atoms with Crippen LogP contribution >= 0.6 is 23.2 Å². The van der Waals surface area contributed by atoms with Crippen molar-refractivity contribution in [2.45, 2.75) is 102 Å². The van der Waals surface area contributed by atoms with Crippen LogP contribution < -0.4 is 110 Å². The summed E-state index contributed by atoms with van der Waals surface area (Å²) in [4.78, 5) is 113. The van der Waals surface area contributed by atoms with Crippen LogP contribution in [0.15, 0.2) is 68.5 Å². The van der Waals surface area contributed by atoms with Gasteiger partial charge in [-0.25, -0.2) is 19.9 Å². The zero-order valence-electron chi connectivity index (χ0n) is 56.4. The van der Waals surface area contributed by atoms with Crippen LogP contribution in [0.1, 0.15) is 109 Å². The number of carbonyl (C=O) groups is 6. The number of hydrogen-bond donors (Lipinski definition) is 18. The molecule has 0 aliphatic heterocycles. The summed E-state index contributed by atoms with van der Waals surface area (Å²) in [7, 11) is 0. The lowest BCUT2D eigenvalue weighted by Crippen LogP contribution is -2.42. The SMILES string of the molecule is NC(N)=NCCCC[C@@H](N)C(=O)NCCCN(CCCNC(=O)CCC(=O)NCCCN(CCCNC(=O)[C@H](N)CCCCN=C(N)N)CCOc1ccc(CCN=C(N)NC(=O)c2nc(Cl)c(N)nc2N)cc1)CCOc1ccc(CCN=C(N)NC(=O)c2nc(Cl)c(N)nc2N)cc1. The zero-order chi connectivity index (χ0) is 73.2. The van der Waals surface area contributed by atoms with Crippen molar-refractivity contribution in [1.29, 1.82) is 0 Å². The number of anilines is 4. The van der Waals surface area contributed by atoms with Crippen molar-refractivity contribution >= 4 is 106 Å². The predicted molar refractivity (Wildman–Crippen MR) is 389 cm³/mol. The van der Waals surface area contributed by atoms with Crippen LogP contribution in [0.5, 0.6) is 11.5 Å². The number of carbonyl (C=O) groups excluding carboxylic acids is 6. The number of halogens is 2. The van der Waals surface area contributed by atoms with Gasteiger partial charge in [0.05, 0.1) is 12.1 Å². The summed E-state index contributed by atoms with van der Waals surface area (Å²) in [5.74, 6) is -2.10. The number of amides is 6. The molecule has 0 saturated heterocycles. The molecule has 2 atom stereocenters. The van der Waals surface area contributed by atoms with Crippen molar-refractivity contribution in [3.8, 4) is 11.5 Å². The Morgan fingerprint density at radius 1 is 0.440 bits per heavy atom. The normalized spacial score (nSPS) is 12.1. The molecule has 0 saturated carbocycles. The summed E-state index contributed by atoms with van der Waals surface area (Å²) in [5, 5.41) is 16.2. The van der Waals surface area contributed by atoms with E-state index in [1.165, 1.54) is 0 Å². The van der Waals surface area contributed by atoms with Gasteiger partial charge >= 0.3 is 0 Å². The van der Waals surface area contributed by atoms with Crippen LogP contribution in [0.4, 0.5) is 23.3 Å². The van der Waals surface area contributed by atoms with Gasteiger partial charge in [-0.05, 0) is 139 Å². The summed E-state index contributed by atoms with van der Waals surface area (Å²) in [6, 6.07) is 13.6. The molecule has 30 N–H and O–H groups in total. The molecule has 0 fully saturated rings. The molecule has 0 aliphatic carbocycles. The Labute approximate surface area is 591 Å². The van der Waals surface area contributed by atoms with E-state index in [1.807, 2.05) is 48.5 Å². The lowest BCUT2D eigenvalue weighted by molar-refractivity contribution is -0.126. The second-order valence-electron chi connectivity index (χ2n) is 22.9. The van der Waals surface area contributed by atoms with Gasteiger partial charge in [0, 0.05) is 78.3 Å². The third kappa shape index (κ3) is 34.6. The number of aliphatic imine (C=N–C) groups is 4. The minimum atomic E-state index is -0.740. The van der Waals surface area contributed by atoms with Crippen molar-refractivity contribution in [1.82, 2.24) is 61.6 Å². The molecular formula is C62H100Cl2N28O8. The highest BCUT2D eigenvalue weighted by Crippen LogP contribution is 2.20. The van der Waals surface area contributed by atoms with Gasteiger partial charge in [-0.15, -0.1) is 0 Å². The van der Waals surface area contributed by atoms with E-state index in [1.54, 1.807) is 0 Å². The lowest BCUT2D eigenvalue weighted by atomic mass is 10.1. The first-order chi connectivity index (χ1) is 47.9. The maximum Gasteiger partial charge on any atom is 0.280 e. The first kappa shape index (κ1) is 82.5. The number of rotatable bonds is 47. The Hall–Kier alpha value is -9.88. The summed E-state index contributed by atoms with van der Waals surface area (Å²) in [6.07, 6.45) is 7.22. The number of ether oxygens (including phenoxy) is 2. The van der Waals surface area contributed by atoms with Crippen molar-refractivity contribution in [2.75, 3.05) is 128 Å². The molecule has 6 amide bonds. The summed E-state index contributed by atoms with van der Waals surface area (Å²) in [5.41, 5.74) is 69.8. The third-order valence-corrected chi connectivity index (χ3v) is 15.4. The van der Waals surface area contributed by atoms with E-state index in [2.05, 4.69) is 81.6 Å². The Bertz CT molecular complexity index is 3120. The fourth-order valence-corrected chi connectivity index (χ4v) is 9.66. The molecule has 36 nitrogen and oxygen atoms in total. The van der Waals surface area contributed by atoms with E-state index >= 15 is 0 Å². The van der Waals surface area contributed by atoms with Crippen molar-refractivity contribution in [3.63, 3.8) is 0 Å². The number of benzene rings is 2. The van der Waals surface area contributed by atoms with E-state index in [-0.39, 0.29) is 118 Å². The maximum absolute atomic E-state index is 13.0. The van der Waals surface area contributed by atoms with Crippen molar-refractivity contribution in [3.05, 3.63) is 81.4 Å². The number of nitrogen functional groups attached to an aromatic ring is 4. The van der Waals surface area contributed by atoms with Gasteiger partial charge in [-0.2, -0.15) is 0 Å². The molecule has 4 rings (SSSR count).